The average molecular weight is 358 g/mol. The van der Waals surface area contributed by atoms with Gasteiger partial charge in [-0.1, -0.05) is 6.07 Å². The zero-order chi connectivity index (χ0) is 18.2. The first kappa shape index (κ1) is 20.1. The third-order valence-electron chi connectivity index (χ3n) is 3.11. The summed E-state index contributed by atoms with van der Waals surface area (Å²) in [5.41, 5.74) is 0.670. The smallest absolute Gasteiger partial charge is 0.337 e. The molecule has 0 aliphatic heterocycles. The molecule has 1 aromatic rings. The SMILES string of the molecule is COCCCN(CC(=O)Nc1cccc(C(=O)OC)c1)S(C)(=O)=O. The zero-order valence-electron chi connectivity index (χ0n) is 13.9. The highest BCUT2D eigenvalue weighted by atomic mass is 32.2. The van der Waals surface area contributed by atoms with Crippen molar-refractivity contribution in [2.75, 3.05) is 45.5 Å². The van der Waals surface area contributed by atoms with Crippen molar-refractivity contribution < 1.29 is 27.5 Å². The number of carbonyl (C=O) groups is 2. The van der Waals surface area contributed by atoms with Crippen molar-refractivity contribution in [2.24, 2.45) is 0 Å². The molecule has 0 heterocycles. The van der Waals surface area contributed by atoms with Gasteiger partial charge in [0.05, 0.1) is 25.5 Å². The third-order valence-corrected chi connectivity index (χ3v) is 4.36. The van der Waals surface area contributed by atoms with Crippen molar-refractivity contribution in [2.45, 2.75) is 6.42 Å². The first-order valence-corrected chi connectivity index (χ1v) is 9.05. The van der Waals surface area contributed by atoms with Crippen LogP contribution in [0.15, 0.2) is 24.3 Å². The lowest BCUT2D eigenvalue weighted by Gasteiger charge is -2.19. The van der Waals surface area contributed by atoms with E-state index in [0.717, 1.165) is 10.6 Å². The zero-order valence-corrected chi connectivity index (χ0v) is 14.8. The van der Waals surface area contributed by atoms with E-state index in [1.165, 1.54) is 20.3 Å². The maximum absolute atomic E-state index is 12.1. The highest BCUT2D eigenvalue weighted by Crippen LogP contribution is 2.12. The van der Waals surface area contributed by atoms with E-state index in [1.807, 2.05) is 0 Å². The normalized spacial score (nSPS) is 11.3. The minimum absolute atomic E-state index is 0.183. The summed E-state index contributed by atoms with van der Waals surface area (Å²) in [6, 6.07) is 6.20. The monoisotopic (exact) mass is 358 g/mol. The lowest BCUT2D eigenvalue weighted by molar-refractivity contribution is -0.116. The quantitative estimate of drug-likeness (QED) is 0.515. The molecule has 1 rings (SSSR count). The van der Waals surface area contributed by atoms with E-state index in [9.17, 15) is 18.0 Å². The highest BCUT2D eigenvalue weighted by molar-refractivity contribution is 7.88. The molecule has 0 aliphatic carbocycles. The fourth-order valence-electron chi connectivity index (χ4n) is 1.95. The standard InChI is InChI=1S/C15H22N2O6S/c1-22-9-5-8-17(24(3,20)21)11-14(18)16-13-7-4-6-12(10-13)15(19)23-2/h4,6-7,10H,5,8-9,11H2,1-3H3,(H,16,18). The highest BCUT2D eigenvalue weighted by Gasteiger charge is 2.20. The Bertz CT molecular complexity index is 674. The molecule has 134 valence electrons. The van der Waals surface area contributed by atoms with Gasteiger partial charge in [0.25, 0.3) is 0 Å². The van der Waals surface area contributed by atoms with Crippen LogP contribution in [-0.4, -0.2) is 64.8 Å². The van der Waals surface area contributed by atoms with E-state index in [2.05, 4.69) is 10.1 Å². The molecule has 0 fully saturated rings. The van der Waals surface area contributed by atoms with E-state index in [-0.39, 0.29) is 18.7 Å². The number of hydrogen-bond acceptors (Lipinski definition) is 6. The largest absolute Gasteiger partial charge is 0.465 e. The van der Waals surface area contributed by atoms with Gasteiger partial charge < -0.3 is 14.8 Å². The second-order valence-corrected chi connectivity index (χ2v) is 7.05. The topological polar surface area (TPSA) is 102 Å². The van der Waals surface area contributed by atoms with Gasteiger partial charge >= 0.3 is 5.97 Å². The molecule has 0 unspecified atom stereocenters. The Morgan fingerprint density at radius 1 is 1.25 bits per heavy atom. The molecule has 8 nitrogen and oxygen atoms in total. The Kier molecular flexibility index (Phi) is 7.83. The molecule has 0 saturated heterocycles. The Morgan fingerprint density at radius 2 is 1.96 bits per heavy atom. The molecule has 0 atom stereocenters. The van der Waals surface area contributed by atoms with Crippen LogP contribution in [0.3, 0.4) is 0 Å². The average Bonchev–Trinajstić information content (AvgIpc) is 2.52. The summed E-state index contributed by atoms with van der Waals surface area (Å²) >= 11 is 0. The molecule has 0 radical (unpaired) electrons. The van der Waals surface area contributed by atoms with Crippen LogP contribution in [0.2, 0.25) is 0 Å². The predicted octanol–water partition coefficient (Wildman–Crippen LogP) is 0.710. The van der Waals surface area contributed by atoms with Gasteiger partial charge in [-0.05, 0) is 24.6 Å². The Labute approximate surface area is 141 Å². The van der Waals surface area contributed by atoms with E-state index in [4.69, 9.17) is 4.74 Å². The van der Waals surface area contributed by atoms with Crippen molar-refractivity contribution in [1.29, 1.82) is 0 Å². The lowest BCUT2D eigenvalue weighted by atomic mass is 10.2. The number of methoxy groups -OCH3 is 2. The number of benzene rings is 1. The minimum atomic E-state index is -3.52. The third kappa shape index (κ3) is 6.65. The van der Waals surface area contributed by atoms with Crippen molar-refractivity contribution in [1.82, 2.24) is 4.31 Å². The number of carbonyl (C=O) groups excluding carboxylic acids is 2. The minimum Gasteiger partial charge on any atom is -0.465 e. The van der Waals surface area contributed by atoms with E-state index in [0.29, 0.717) is 18.7 Å². The number of rotatable bonds is 9. The molecule has 1 N–H and O–H groups in total. The van der Waals surface area contributed by atoms with Gasteiger partial charge in [0, 0.05) is 25.9 Å². The summed E-state index contributed by atoms with van der Waals surface area (Å²) < 4.78 is 34.0. The van der Waals surface area contributed by atoms with Crippen LogP contribution >= 0.6 is 0 Å². The van der Waals surface area contributed by atoms with Crippen molar-refractivity contribution >= 4 is 27.6 Å². The summed E-state index contributed by atoms with van der Waals surface area (Å²) in [6.45, 7) is 0.266. The van der Waals surface area contributed by atoms with Crippen molar-refractivity contribution in [3.63, 3.8) is 0 Å². The van der Waals surface area contributed by atoms with Crippen LogP contribution in [0.25, 0.3) is 0 Å². The number of ether oxygens (including phenoxy) is 2. The molecule has 0 aromatic heterocycles. The molecule has 9 heteroatoms. The first-order chi connectivity index (χ1) is 11.3. The van der Waals surface area contributed by atoms with Crippen LogP contribution in [0.4, 0.5) is 5.69 Å². The molecule has 0 saturated carbocycles. The Morgan fingerprint density at radius 3 is 2.54 bits per heavy atom. The molecule has 1 amide bonds. The fraction of sp³-hybridized carbons (Fsp3) is 0.467. The van der Waals surface area contributed by atoms with Gasteiger partial charge in [-0.2, -0.15) is 4.31 Å². The van der Waals surface area contributed by atoms with E-state index >= 15 is 0 Å². The molecule has 0 bridgehead atoms. The number of anilines is 1. The molecule has 1 aromatic carbocycles. The number of nitrogens with zero attached hydrogens (tertiary/aromatic N) is 1. The van der Waals surface area contributed by atoms with Gasteiger partial charge in [-0.3, -0.25) is 4.79 Å². The summed E-state index contributed by atoms with van der Waals surface area (Å²) in [5.74, 6) is -1.02. The van der Waals surface area contributed by atoms with Gasteiger partial charge in [-0.25, -0.2) is 13.2 Å². The summed E-state index contributed by atoms with van der Waals surface area (Å²) in [5, 5.41) is 2.57. The number of sulfonamides is 1. The van der Waals surface area contributed by atoms with Crippen molar-refractivity contribution in [3.8, 4) is 0 Å². The fourth-order valence-corrected chi connectivity index (χ4v) is 2.76. The van der Waals surface area contributed by atoms with Crippen LogP contribution in [0.1, 0.15) is 16.8 Å². The van der Waals surface area contributed by atoms with E-state index in [1.54, 1.807) is 18.2 Å². The molecule has 0 aliphatic rings. The van der Waals surface area contributed by atoms with Crippen molar-refractivity contribution in [3.05, 3.63) is 29.8 Å². The summed E-state index contributed by atoms with van der Waals surface area (Å²) in [7, 11) is -0.734. The number of nitrogens with one attached hydrogen (secondary N) is 1. The summed E-state index contributed by atoms with van der Waals surface area (Å²) in [4.78, 5) is 23.6. The van der Waals surface area contributed by atoms with Crippen LogP contribution in [0.5, 0.6) is 0 Å². The summed E-state index contributed by atoms with van der Waals surface area (Å²) in [6.07, 6.45) is 1.53. The number of esters is 1. The van der Waals surface area contributed by atoms with Gasteiger partial charge in [0.1, 0.15) is 0 Å². The van der Waals surface area contributed by atoms with Gasteiger partial charge in [-0.15, -0.1) is 0 Å². The number of hydrogen-bond donors (Lipinski definition) is 1. The Hall–Kier alpha value is -1.97. The molecular formula is C15H22N2O6S. The predicted molar refractivity (Wildman–Crippen MR) is 89.3 cm³/mol. The van der Waals surface area contributed by atoms with E-state index < -0.39 is 21.9 Å². The van der Waals surface area contributed by atoms with Crippen LogP contribution < -0.4 is 5.32 Å². The second-order valence-electron chi connectivity index (χ2n) is 5.06. The first-order valence-electron chi connectivity index (χ1n) is 7.20. The molecule has 24 heavy (non-hydrogen) atoms. The lowest BCUT2D eigenvalue weighted by Crippen LogP contribution is -2.38. The van der Waals surface area contributed by atoms with Gasteiger partial charge in [0.2, 0.25) is 15.9 Å². The maximum atomic E-state index is 12.1. The number of amides is 1. The van der Waals surface area contributed by atoms with Gasteiger partial charge in [0.15, 0.2) is 0 Å². The molecule has 0 spiro atoms. The van der Waals surface area contributed by atoms with Crippen LogP contribution in [0, 0.1) is 0 Å². The van der Waals surface area contributed by atoms with Crippen LogP contribution in [-0.2, 0) is 24.3 Å². The maximum Gasteiger partial charge on any atom is 0.337 e. The second kappa shape index (κ2) is 9.36. The Balaban J connectivity index is 2.73. The molecular weight excluding hydrogens is 336 g/mol.